The van der Waals surface area contributed by atoms with Gasteiger partial charge in [0.25, 0.3) is 5.91 Å². The summed E-state index contributed by atoms with van der Waals surface area (Å²) in [6, 6.07) is 11.7. The lowest BCUT2D eigenvalue weighted by molar-refractivity contribution is -0.159. The van der Waals surface area contributed by atoms with Crippen LogP contribution in [0.25, 0.3) is 0 Å². The number of hydrogen-bond acceptors (Lipinski definition) is 7. The van der Waals surface area contributed by atoms with E-state index in [-0.39, 0.29) is 0 Å². The monoisotopic (exact) mass is 403 g/mol. The first-order chi connectivity index (χ1) is 13.9. The zero-order valence-electron chi connectivity index (χ0n) is 17.1. The maximum Gasteiger partial charge on any atom is 0.347 e. The molecule has 1 N–H and O–H groups in total. The van der Waals surface area contributed by atoms with Gasteiger partial charge in [0.05, 0.1) is 27.0 Å². The van der Waals surface area contributed by atoms with Crippen molar-refractivity contribution in [2.45, 2.75) is 26.1 Å². The predicted octanol–water partition coefficient (Wildman–Crippen LogP) is 3.05. The van der Waals surface area contributed by atoms with Crippen LogP contribution in [0.4, 0.5) is 5.69 Å². The number of anilines is 1. The minimum absolute atomic E-state index is 0.424. The maximum absolute atomic E-state index is 12.4. The number of methoxy groups -OCH3 is 3. The molecule has 0 saturated carbocycles. The number of ether oxygens (including phenoxy) is 5. The Hall–Kier alpha value is -3.42. The molecular weight excluding hydrogens is 378 g/mol. The van der Waals surface area contributed by atoms with Gasteiger partial charge in [-0.1, -0.05) is 0 Å². The van der Waals surface area contributed by atoms with Crippen LogP contribution in [0.1, 0.15) is 13.8 Å². The largest absolute Gasteiger partial charge is 0.497 e. The van der Waals surface area contributed by atoms with Crippen LogP contribution in [0.3, 0.4) is 0 Å². The quantitative estimate of drug-likeness (QED) is 0.643. The number of carbonyl (C=O) groups is 2. The summed E-state index contributed by atoms with van der Waals surface area (Å²) in [7, 11) is 4.57. The van der Waals surface area contributed by atoms with Crippen LogP contribution < -0.4 is 24.3 Å². The molecule has 0 aromatic heterocycles. The van der Waals surface area contributed by atoms with E-state index >= 15 is 0 Å². The number of nitrogens with one attached hydrogen (secondary N) is 1. The van der Waals surface area contributed by atoms with Gasteiger partial charge in [0.1, 0.15) is 23.0 Å². The van der Waals surface area contributed by atoms with Gasteiger partial charge in [-0.05, 0) is 50.2 Å². The number of hydrogen-bond donors (Lipinski definition) is 1. The fourth-order valence-corrected chi connectivity index (χ4v) is 2.37. The first kappa shape index (κ1) is 21.9. The van der Waals surface area contributed by atoms with Crippen LogP contribution in [0.5, 0.6) is 23.0 Å². The van der Waals surface area contributed by atoms with Gasteiger partial charge in [0, 0.05) is 6.07 Å². The molecular formula is C21H25NO7. The molecule has 0 fully saturated rings. The van der Waals surface area contributed by atoms with E-state index < -0.39 is 24.1 Å². The van der Waals surface area contributed by atoms with E-state index in [4.69, 9.17) is 23.7 Å². The molecule has 2 aromatic carbocycles. The Morgan fingerprint density at radius 3 is 1.97 bits per heavy atom. The molecule has 0 bridgehead atoms. The molecule has 0 spiro atoms. The summed E-state index contributed by atoms with van der Waals surface area (Å²) in [5.41, 5.74) is 0.434. The van der Waals surface area contributed by atoms with Crippen molar-refractivity contribution < 1.29 is 33.3 Å². The lowest BCUT2D eigenvalue weighted by atomic mass is 10.2. The average Bonchev–Trinajstić information content (AvgIpc) is 2.74. The lowest BCUT2D eigenvalue weighted by Gasteiger charge is -2.18. The first-order valence-electron chi connectivity index (χ1n) is 8.92. The Bertz CT molecular complexity index is 835. The number of amides is 1. The highest BCUT2D eigenvalue weighted by molar-refractivity contribution is 5.96. The molecule has 29 heavy (non-hydrogen) atoms. The molecule has 2 atom stereocenters. The Balaban J connectivity index is 1.93. The molecule has 0 saturated heterocycles. The minimum Gasteiger partial charge on any atom is -0.497 e. The molecule has 2 rings (SSSR count). The molecule has 8 nitrogen and oxygen atoms in total. The van der Waals surface area contributed by atoms with Gasteiger partial charge < -0.3 is 29.0 Å². The minimum atomic E-state index is -1.03. The second-order valence-electron chi connectivity index (χ2n) is 6.07. The third-order valence-electron chi connectivity index (χ3n) is 4.03. The van der Waals surface area contributed by atoms with Crippen molar-refractivity contribution in [3.05, 3.63) is 42.5 Å². The Kier molecular flexibility index (Phi) is 7.70. The van der Waals surface area contributed by atoms with Crippen molar-refractivity contribution in [2.75, 3.05) is 26.6 Å². The fraction of sp³-hybridized carbons (Fsp3) is 0.333. The maximum atomic E-state index is 12.4. The zero-order chi connectivity index (χ0) is 21.4. The Morgan fingerprint density at radius 1 is 0.793 bits per heavy atom. The van der Waals surface area contributed by atoms with Crippen LogP contribution >= 0.6 is 0 Å². The van der Waals surface area contributed by atoms with Gasteiger partial charge in [-0.15, -0.1) is 0 Å². The van der Waals surface area contributed by atoms with Crippen LogP contribution in [-0.4, -0.2) is 45.4 Å². The molecule has 156 valence electrons. The van der Waals surface area contributed by atoms with Gasteiger partial charge in [0.2, 0.25) is 0 Å². The second kappa shape index (κ2) is 10.2. The van der Waals surface area contributed by atoms with E-state index in [1.807, 2.05) is 0 Å². The molecule has 1 amide bonds. The highest BCUT2D eigenvalue weighted by Gasteiger charge is 2.24. The number of carbonyl (C=O) groups excluding carboxylic acids is 2. The summed E-state index contributed by atoms with van der Waals surface area (Å²) in [4.78, 5) is 24.6. The van der Waals surface area contributed by atoms with Gasteiger partial charge in [-0.2, -0.15) is 0 Å². The zero-order valence-corrected chi connectivity index (χ0v) is 17.1. The average molecular weight is 403 g/mol. The van der Waals surface area contributed by atoms with Gasteiger partial charge in [-0.25, -0.2) is 4.79 Å². The molecule has 8 heteroatoms. The van der Waals surface area contributed by atoms with Crippen molar-refractivity contribution in [2.24, 2.45) is 0 Å². The van der Waals surface area contributed by atoms with Crippen molar-refractivity contribution in [3.63, 3.8) is 0 Å². The molecule has 2 aromatic rings. The summed E-state index contributed by atoms with van der Waals surface area (Å²) in [5.74, 6) is 1.00. The standard InChI is InChI=1S/C21H25NO7/c1-13(20(23)22-18-11-10-17(26-4)12-19(18)27-5)29-21(24)14(2)28-16-8-6-15(25-3)7-9-16/h6-14H,1-5H3,(H,22,23). The van der Waals surface area contributed by atoms with E-state index in [1.165, 1.54) is 21.1 Å². The molecule has 0 aliphatic heterocycles. The van der Waals surface area contributed by atoms with Gasteiger partial charge >= 0.3 is 5.97 Å². The van der Waals surface area contributed by atoms with E-state index in [0.29, 0.717) is 28.7 Å². The van der Waals surface area contributed by atoms with Gasteiger partial charge in [0.15, 0.2) is 12.2 Å². The van der Waals surface area contributed by atoms with Crippen LogP contribution in [-0.2, 0) is 14.3 Å². The summed E-state index contributed by atoms with van der Waals surface area (Å²) < 4.78 is 26.2. The van der Waals surface area contributed by atoms with Crippen LogP contribution in [0.15, 0.2) is 42.5 Å². The molecule has 2 unspecified atom stereocenters. The number of rotatable bonds is 9. The fourth-order valence-electron chi connectivity index (χ4n) is 2.37. The van der Waals surface area contributed by atoms with Crippen LogP contribution in [0.2, 0.25) is 0 Å². The Labute approximate surface area is 169 Å². The first-order valence-corrected chi connectivity index (χ1v) is 8.92. The molecule has 0 aliphatic carbocycles. The Morgan fingerprint density at radius 2 is 1.38 bits per heavy atom. The van der Waals surface area contributed by atoms with E-state index in [9.17, 15) is 9.59 Å². The van der Waals surface area contributed by atoms with E-state index in [1.54, 1.807) is 56.5 Å². The van der Waals surface area contributed by atoms with E-state index in [0.717, 1.165) is 0 Å². The summed E-state index contributed by atoms with van der Waals surface area (Å²) >= 11 is 0. The molecule has 0 radical (unpaired) electrons. The summed E-state index contributed by atoms with van der Waals surface area (Å²) in [5, 5.41) is 2.67. The van der Waals surface area contributed by atoms with Crippen LogP contribution in [0, 0.1) is 0 Å². The smallest absolute Gasteiger partial charge is 0.347 e. The summed E-state index contributed by atoms with van der Waals surface area (Å²) in [6.07, 6.45) is -1.93. The molecule has 0 aliphatic rings. The predicted molar refractivity (Wildman–Crippen MR) is 107 cm³/mol. The highest BCUT2D eigenvalue weighted by atomic mass is 16.6. The number of benzene rings is 2. The van der Waals surface area contributed by atoms with Crippen molar-refractivity contribution in [3.8, 4) is 23.0 Å². The second-order valence-corrected chi connectivity index (χ2v) is 6.07. The SMILES string of the molecule is COc1ccc(OC(C)C(=O)OC(C)C(=O)Nc2ccc(OC)cc2OC)cc1. The highest BCUT2D eigenvalue weighted by Crippen LogP contribution is 2.29. The topological polar surface area (TPSA) is 92.3 Å². The summed E-state index contributed by atoms with van der Waals surface area (Å²) in [6.45, 7) is 3.02. The third kappa shape index (κ3) is 6.03. The van der Waals surface area contributed by atoms with Crippen molar-refractivity contribution in [1.29, 1.82) is 0 Å². The third-order valence-corrected chi connectivity index (χ3v) is 4.03. The molecule has 0 heterocycles. The lowest BCUT2D eigenvalue weighted by Crippen LogP contribution is -2.35. The van der Waals surface area contributed by atoms with E-state index in [2.05, 4.69) is 5.32 Å². The van der Waals surface area contributed by atoms with Crippen molar-refractivity contribution in [1.82, 2.24) is 0 Å². The number of esters is 1. The van der Waals surface area contributed by atoms with Gasteiger partial charge in [-0.3, -0.25) is 4.79 Å². The normalized spacial score (nSPS) is 12.3. The van der Waals surface area contributed by atoms with Crippen molar-refractivity contribution >= 4 is 17.6 Å².